The molecule has 0 amide bonds. The first kappa shape index (κ1) is 13.3. The largest absolute Gasteiger partial charge is 0.295 e. The van der Waals surface area contributed by atoms with Crippen molar-refractivity contribution in [3.05, 3.63) is 69.0 Å². The molecule has 1 aromatic carbocycles. The van der Waals surface area contributed by atoms with Crippen LogP contribution in [-0.4, -0.2) is 5.78 Å². The fourth-order valence-corrected chi connectivity index (χ4v) is 2.39. The van der Waals surface area contributed by atoms with Crippen LogP contribution in [0.25, 0.3) is 0 Å². The maximum absolute atomic E-state index is 11.7. The van der Waals surface area contributed by atoms with Crippen LogP contribution < -0.4 is 0 Å². The average Bonchev–Trinajstić information content (AvgIpc) is 2.52. The van der Waals surface area contributed by atoms with Crippen molar-refractivity contribution in [2.24, 2.45) is 0 Å². The normalized spacial score (nSPS) is 17.7. The highest BCUT2D eigenvalue weighted by molar-refractivity contribution is 5.96. The highest BCUT2D eigenvalue weighted by Gasteiger charge is 2.34. The Balaban J connectivity index is 2.71. The van der Waals surface area contributed by atoms with Gasteiger partial charge in [-0.15, -0.1) is 0 Å². The van der Waals surface area contributed by atoms with E-state index in [-0.39, 0.29) is 5.78 Å². The lowest BCUT2D eigenvalue weighted by atomic mass is 9.79. The average molecular weight is 234 g/mol. The predicted molar refractivity (Wildman–Crippen MR) is 69.6 cm³/mol. The molecule has 1 heteroatoms. The van der Waals surface area contributed by atoms with Crippen molar-refractivity contribution in [2.75, 3.05) is 0 Å². The zero-order chi connectivity index (χ0) is 13.7. The minimum absolute atomic E-state index is 0.0740. The quantitative estimate of drug-likeness (QED) is 0.719. The molecule has 0 aliphatic heterocycles. The van der Waals surface area contributed by atoms with Crippen LogP contribution in [0.15, 0.2) is 12.1 Å². The molecule has 0 saturated heterocycles. The number of hydrogen-bond donors (Lipinski definition) is 0. The Labute approximate surface area is 111 Å². The van der Waals surface area contributed by atoms with Crippen LogP contribution in [0.5, 0.6) is 0 Å². The van der Waals surface area contributed by atoms with Gasteiger partial charge in [0.25, 0.3) is 0 Å². The highest BCUT2D eigenvalue weighted by Crippen LogP contribution is 2.41. The summed E-state index contributed by atoms with van der Waals surface area (Å²) in [5.74, 6) is -0.0740. The predicted octanol–water partition coefficient (Wildman–Crippen LogP) is 2.87. The Kier molecular flexibility index (Phi) is 2.92. The van der Waals surface area contributed by atoms with E-state index in [4.69, 9.17) is 34.6 Å². The van der Waals surface area contributed by atoms with E-state index < -0.39 is 10.8 Å². The summed E-state index contributed by atoms with van der Waals surface area (Å²) in [4.78, 5) is 11.7. The molecule has 0 bridgehead atoms. The van der Waals surface area contributed by atoms with E-state index in [0.29, 0.717) is 29.5 Å². The van der Waals surface area contributed by atoms with E-state index in [1.807, 2.05) is 0 Å². The maximum Gasteiger partial charge on any atom is 0.160 e. The van der Waals surface area contributed by atoms with E-state index in [1.54, 1.807) is 12.1 Å². The second kappa shape index (κ2) is 3.94. The van der Waals surface area contributed by atoms with Gasteiger partial charge in [-0.05, 0) is 77.1 Å². The number of fused-ring (bicyclic) bond motifs is 1. The van der Waals surface area contributed by atoms with Crippen molar-refractivity contribution in [3.63, 3.8) is 0 Å². The van der Waals surface area contributed by atoms with Crippen LogP contribution in [0.3, 0.4) is 0 Å². The number of carbonyl (C=O) groups is 1. The molecule has 1 aliphatic rings. The molecule has 88 valence electrons. The Bertz CT molecular complexity index is 501. The summed E-state index contributed by atoms with van der Waals surface area (Å²) in [6.45, 7) is 30.5. The van der Waals surface area contributed by atoms with Crippen molar-refractivity contribution in [1.82, 2.24) is 0 Å². The van der Waals surface area contributed by atoms with Crippen molar-refractivity contribution in [3.8, 4) is 0 Å². The van der Waals surface area contributed by atoms with Gasteiger partial charge >= 0.3 is 0 Å². The number of rotatable bonds is 2. The van der Waals surface area contributed by atoms with E-state index in [0.717, 1.165) is 5.56 Å². The van der Waals surface area contributed by atoms with Crippen molar-refractivity contribution in [1.29, 1.82) is 0 Å². The molecule has 0 fully saturated rings. The van der Waals surface area contributed by atoms with Gasteiger partial charge in [-0.1, -0.05) is 6.07 Å². The van der Waals surface area contributed by atoms with Crippen molar-refractivity contribution >= 4 is 5.78 Å². The molecular formula is C17H14O. The van der Waals surface area contributed by atoms with Gasteiger partial charge in [-0.2, -0.15) is 0 Å². The second-order valence-electron chi connectivity index (χ2n) is 5.08. The molecule has 0 saturated carbocycles. The minimum Gasteiger partial charge on any atom is -0.295 e. The molecule has 1 aromatic rings. The van der Waals surface area contributed by atoms with E-state index in [2.05, 4.69) is 0 Å². The molecule has 0 spiro atoms. The van der Waals surface area contributed by atoms with E-state index in [9.17, 15) is 4.79 Å². The monoisotopic (exact) mass is 234 g/mol. The lowest BCUT2D eigenvalue weighted by Crippen LogP contribution is -2.18. The Hall–Kier alpha value is -1.11. The maximum atomic E-state index is 11.7. The smallest absolute Gasteiger partial charge is 0.160 e. The molecule has 0 unspecified atom stereocenters. The summed E-state index contributed by atoms with van der Waals surface area (Å²) in [6, 6.07) is 3.33. The Morgan fingerprint density at radius 2 is 1.89 bits per heavy atom. The molecular weight excluding hydrogens is 220 g/mol. The van der Waals surface area contributed by atoms with Gasteiger partial charge in [0.05, 0.1) is 0 Å². The third-order valence-corrected chi connectivity index (χ3v) is 3.42. The Morgan fingerprint density at radius 3 is 2.39 bits per heavy atom. The summed E-state index contributed by atoms with van der Waals surface area (Å²) in [6.07, 6.45) is 1.25. The van der Waals surface area contributed by atoms with Gasteiger partial charge in [0.2, 0.25) is 0 Å². The molecule has 1 nitrogen and oxygen atoms in total. The first-order valence-corrected chi connectivity index (χ1v) is 5.76. The fraction of sp³-hybridized carbons (Fsp3) is 0.294. The van der Waals surface area contributed by atoms with Crippen LogP contribution in [0.2, 0.25) is 0 Å². The summed E-state index contributed by atoms with van der Waals surface area (Å²) in [5.41, 5.74) is 0.106. The lowest BCUT2D eigenvalue weighted by molar-refractivity contribution is 0.101. The zero-order valence-electron chi connectivity index (χ0n) is 10.4. The van der Waals surface area contributed by atoms with Crippen LogP contribution in [-0.2, 0) is 17.3 Å². The van der Waals surface area contributed by atoms with Crippen molar-refractivity contribution < 1.29 is 4.79 Å². The second-order valence-corrected chi connectivity index (χ2v) is 5.08. The zero-order valence-corrected chi connectivity index (χ0v) is 10.4. The molecule has 10 radical (unpaired) electrons. The molecule has 2 rings (SSSR count). The first-order valence-electron chi connectivity index (χ1n) is 5.76. The Morgan fingerprint density at radius 1 is 1.28 bits per heavy atom. The summed E-state index contributed by atoms with van der Waals surface area (Å²) in [5, 5.41) is 0. The molecule has 0 aromatic heterocycles. The van der Waals surface area contributed by atoms with Crippen LogP contribution in [0.4, 0.5) is 0 Å². The minimum atomic E-state index is -1.52. The molecule has 1 aliphatic carbocycles. The number of carbonyl (C=O) groups excluding carboxylic acids is 1. The van der Waals surface area contributed by atoms with Crippen LogP contribution >= 0.6 is 0 Å². The van der Waals surface area contributed by atoms with Gasteiger partial charge in [-0.3, -0.25) is 4.79 Å². The number of benzene rings is 1. The standard InChI is InChI=1S/C17H14O/c1-11(18)14-9-12(16(2,3)4)10-15-13(14)7-8-17(15,5)6/h2-6,9-10H,7-8H2,1H3. The first-order chi connectivity index (χ1) is 8.13. The van der Waals surface area contributed by atoms with Gasteiger partial charge < -0.3 is 0 Å². The molecule has 0 atom stereocenters. The van der Waals surface area contributed by atoms with E-state index >= 15 is 0 Å². The number of ketones is 1. The van der Waals surface area contributed by atoms with Gasteiger partial charge in [0, 0.05) is 16.4 Å². The number of Topliss-reactive ketones (excluding diaryl/α,β-unsaturated/α-hetero) is 1. The van der Waals surface area contributed by atoms with Gasteiger partial charge in [0.15, 0.2) is 5.78 Å². The summed E-state index contributed by atoms with van der Waals surface area (Å²) in [7, 11) is 0. The SMILES string of the molecule is [CH]C([CH])([CH])c1cc(C(C)=O)c2c(c1)C([CH])([CH])CC2. The molecule has 0 N–H and O–H groups in total. The van der Waals surface area contributed by atoms with Gasteiger partial charge in [-0.25, -0.2) is 0 Å². The fourth-order valence-electron chi connectivity index (χ4n) is 2.39. The summed E-state index contributed by atoms with van der Waals surface area (Å²) < 4.78 is 0. The summed E-state index contributed by atoms with van der Waals surface area (Å²) >= 11 is 0. The van der Waals surface area contributed by atoms with Gasteiger partial charge in [0.1, 0.15) is 0 Å². The topological polar surface area (TPSA) is 17.1 Å². The van der Waals surface area contributed by atoms with E-state index in [1.165, 1.54) is 6.92 Å². The third-order valence-electron chi connectivity index (χ3n) is 3.42. The van der Waals surface area contributed by atoms with Crippen LogP contribution in [0.1, 0.15) is 40.4 Å². The van der Waals surface area contributed by atoms with Crippen molar-refractivity contribution in [2.45, 2.75) is 30.6 Å². The highest BCUT2D eigenvalue weighted by atomic mass is 16.1. The third kappa shape index (κ3) is 2.11. The lowest BCUT2D eigenvalue weighted by Gasteiger charge is -2.24. The molecule has 0 heterocycles. The van der Waals surface area contributed by atoms with Crippen LogP contribution in [0, 0.1) is 34.6 Å². The number of hydrogen-bond acceptors (Lipinski definition) is 1. The molecule has 18 heavy (non-hydrogen) atoms.